The van der Waals surface area contributed by atoms with Crippen LogP contribution in [0.1, 0.15) is 0 Å². The molecular weight excluding hydrogens is 328 g/mol. The monoisotopic (exact) mass is 347 g/mol. The number of hydrogen-bond donors (Lipinski definition) is 2. The molecule has 2 aromatic rings. The van der Waals surface area contributed by atoms with Crippen LogP contribution in [-0.2, 0) is 9.53 Å². The standard InChI is InChI=1S/C18H19F2N3O2/c19-13-4-3-5-14(20)18(13)22-17(24)12-21-15-6-1-2-7-16(15)23-8-10-25-11-9-23/h1-7,21H,8-12H2,(H,22,24). The molecule has 0 aromatic heterocycles. The minimum atomic E-state index is -0.804. The molecular formula is C18H19F2N3O2. The van der Waals surface area contributed by atoms with Crippen molar-refractivity contribution in [2.75, 3.05) is 48.4 Å². The Morgan fingerprint density at radius 1 is 1.04 bits per heavy atom. The molecule has 0 bridgehead atoms. The molecule has 1 saturated heterocycles. The summed E-state index contributed by atoms with van der Waals surface area (Å²) in [4.78, 5) is 14.2. The van der Waals surface area contributed by atoms with E-state index < -0.39 is 23.2 Å². The zero-order chi connectivity index (χ0) is 17.6. The van der Waals surface area contributed by atoms with E-state index in [1.54, 1.807) is 0 Å². The maximum atomic E-state index is 13.6. The van der Waals surface area contributed by atoms with Gasteiger partial charge in [0.1, 0.15) is 17.3 Å². The van der Waals surface area contributed by atoms with Crippen molar-refractivity contribution in [2.45, 2.75) is 0 Å². The number of morpholine rings is 1. The van der Waals surface area contributed by atoms with Gasteiger partial charge in [-0.3, -0.25) is 4.79 Å². The van der Waals surface area contributed by atoms with E-state index >= 15 is 0 Å². The van der Waals surface area contributed by atoms with Gasteiger partial charge in [-0.2, -0.15) is 0 Å². The molecule has 0 atom stereocenters. The van der Waals surface area contributed by atoms with Crippen LogP contribution in [-0.4, -0.2) is 38.8 Å². The first-order chi connectivity index (χ1) is 12.1. The predicted molar refractivity (Wildman–Crippen MR) is 93.0 cm³/mol. The minimum Gasteiger partial charge on any atom is -0.378 e. The smallest absolute Gasteiger partial charge is 0.243 e. The first kappa shape index (κ1) is 17.2. The average Bonchev–Trinajstić information content (AvgIpc) is 2.64. The summed E-state index contributed by atoms with van der Waals surface area (Å²) in [6.07, 6.45) is 0. The molecule has 1 heterocycles. The van der Waals surface area contributed by atoms with Gasteiger partial charge in [-0.1, -0.05) is 18.2 Å². The van der Waals surface area contributed by atoms with Gasteiger partial charge >= 0.3 is 0 Å². The van der Waals surface area contributed by atoms with Crippen molar-refractivity contribution in [2.24, 2.45) is 0 Å². The van der Waals surface area contributed by atoms with Gasteiger partial charge in [-0.15, -0.1) is 0 Å². The molecule has 25 heavy (non-hydrogen) atoms. The first-order valence-electron chi connectivity index (χ1n) is 8.04. The topological polar surface area (TPSA) is 53.6 Å². The highest BCUT2D eigenvalue weighted by Gasteiger charge is 2.16. The summed E-state index contributed by atoms with van der Waals surface area (Å²) in [5.41, 5.74) is 1.32. The highest BCUT2D eigenvalue weighted by atomic mass is 19.1. The van der Waals surface area contributed by atoms with E-state index in [9.17, 15) is 13.6 Å². The fraction of sp³-hybridized carbons (Fsp3) is 0.278. The summed E-state index contributed by atoms with van der Waals surface area (Å²) in [5, 5.41) is 5.29. The Bertz CT molecular complexity index is 729. The van der Waals surface area contributed by atoms with Crippen LogP contribution < -0.4 is 15.5 Å². The SMILES string of the molecule is O=C(CNc1ccccc1N1CCOCC1)Nc1c(F)cccc1F. The van der Waals surface area contributed by atoms with E-state index in [0.29, 0.717) is 13.2 Å². The number of hydrogen-bond acceptors (Lipinski definition) is 4. The number of nitrogens with one attached hydrogen (secondary N) is 2. The Morgan fingerprint density at radius 2 is 1.72 bits per heavy atom. The number of carbonyl (C=O) groups excluding carboxylic acids is 1. The van der Waals surface area contributed by atoms with E-state index in [-0.39, 0.29) is 6.54 Å². The van der Waals surface area contributed by atoms with E-state index in [1.165, 1.54) is 6.07 Å². The lowest BCUT2D eigenvalue weighted by atomic mass is 10.2. The minimum absolute atomic E-state index is 0.102. The van der Waals surface area contributed by atoms with Crippen LogP contribution in [0.3, 0.4) is 0 Å². The lowest BCUT2D eigenvalue weighted by Gasteiger charge is -2.30. The fourth-order valence-electron chi connectivity index (χ4n) is 2.68. The molecule has 3 rings (SSSR count). The van der Waals surface area contributed by atoms with Gasteiger partial charge < -0.3 is 20.3 Å². The van der Waals surface area contributed by atoms with E-state index in [2.05, 4.69) is 15.5 Å². The molecule has 1 fully saturated rings. The Morgan fingerprint density at radius 3 is 2.44 bits per heavy atom. The van der Waals surface area contributed by atoms with E-state index in [4.69, 9.17) is 4.74 Å². The average molecular weight is 347 g/mol. The Kier molecular flexibility index (Phi) is 5.45. The lowest BCUT2D eigenvalue weighted by molar-refractivity contribution is -0.114. The molecule has 1 aliphatic rings. The maximum Gasteiger partial charge on any atom is 0.243 e. The third-order valence-corrected chi connectivity index (χ3v) is 3.92. The van der Waals surface area contributed by atoms with Crippen molar-refractivity contribution in [1.29, 1.82) is 0 Å². The van der Waals surface area contributed by atoms with Crippen molar-refractivity contribution < 1.29 is 18.3 Å². The Balaban J connectivity index is 1.64. The number of nitrogens with zero attached hydrogens (tertiary/aromatic N) is 1. The van der Waals surface area contributed by atoms with Gasteiger partial charge in [-0.25, -0.2) is 8.78 Å². The van der Waals surface area contributed by atoms with Crippen LogP contribution in [0.15, 0.2) is 42.5 Å². The summed E-state index contributed by atoms with van der Waals surface area (Å²) in [5.74, 6) is -2.13. The maximum absolute atomic E-state index is 13.6. The molecule has 132 valence electrons. The quantitative estimate of drug-likeness (QED) is 0.873. The number of para-hydroxylation sites is 3. The number of benzene rings is 2. The van der Waals surface area contributed by atoms with E-state index in [1.807, 2.05) is 24.3 Å². The zero-order valence-electron chi connectivity index (χ0n) is 13.6. The van der Waals surface area contributed by atoms with Gasteiger partial charge in [-0.05, 0) is 24.3 Å². The number of rotatable bonds is 5. The lowest BCUT2D eigenvalue weighted by Crippen LogP contribution is -2.36. The van der Waals surface area contributed by atoms with Crippen molar-refractivity contribution in [3.8, 4) is 0 Å². The molecule has 0 unspecified atom stereocenters. The molecule has 2 aromatic carbocycles. The van der Waals surface area contributed by atoms with Gasteiger partial charge in [0.25, 0.3) is 0 Å². The van der Waals surface area contributed by atoms with Crippen molar-refractivity contribution in [3.05, 3.63) is 54.1 Å². The van der Waals surface area contributed by atoms with Crippen LogP contribution in [0.25, 0.3) is 0 Å². The molecule has 2 N–H and O–H groups in total. The summed E-state index contributed by atoms with van der Waals surface area (Å²) in [7, 11) is 0. The second-order valence-electron chi connectivity index (χ2n) is 5.61. The molecule has 1 amide bonds. The number of halogens is 2. The van der Waals surface area contributed by atoms with Crippen molar-refractivity contribution in [3.63, 3.8) is 0 Å². The normalized spacial score (nSPS) is 14.2. The van der Waals surface area contributed by atoms with Crippen molar-refractivity contribution in [1.82, 2.24) is 0 Å². The third kappa shape index (κ3) is 4.24. The van der Waals surface area contributed by atoms with Crippen LogP contribution >= 0.6 is 0 Å². The second kappa shape index (κ2) is 7.94. The van der Waals surface area contributed by atoms with Gasteiger partial charge in [0.2, 0.25) is 5.91 Å². The molecule has 0 spiro atoms. The zero-order valence-corrected chi connectivity index (χ0v) is 13.6. The van der Waals surface area contributed by atoms with Gasteiger partial charge in [0.05, 0.1) is 31.1 Å². The first-order valence-corrected chi connectivity index (χ1v) is 8.04. The summed E-state index contributed by atoms with van der Waals surface area (Å²) in [6, 6.07) is 11.0. The van der Waals surface area contributed by atoms with Crippen LogP contribution in [0.5, 0.6) is 0 Å². The molecule has 1 aliphatic heterocycles. The summed E-state index contributed by atoms with van der Waals surface area (Å²) < 4.78 is 32.5. The summed E-state index contributed by atoms with van der Waals surface area (Å²) >= 11 is 0. The molecule has 5 nitrogen and oxygen atoms in total. The largest absolute Gasteiger partial charge is 0.378 e. The summed E-state index contributed by atoms with van der Waals surface area (Å²) in [6.45, 7) is 2.74. The highest BCUT2D eigenvalue weighted by molar-refractivity contribution is 5.94. The van der Waals surface area contributed by atoms with Crippen LogP contribution in [0.2, 0.25) is 0 Å². The van der Waals surface area contributed by atoms with E-state index in [0.717, 1.165) is 36.6 Å². The highest BCUT2D eigenvalue weighted by Crippen LogP contribution is 2.26. The molecule has 0 aliphatic carbocycles. The Hall–Kier alpha value is -2.67. The van der Waals surface area contributed by atoms with Crippen LogP contribution in [0, 0.1) is 11.6 Å². The molecule has 7 heteroatoms. The predicted octanol–water partition coefficient (Wildman–Crippen LogP) is 2.85. The molecule has 0 saturated carbocycles. The number of anilines is 3. The number of amides is 1. The second-order valence-corrected chi connectivity index (χ2v) is 5.61. The van der Waals surface area contributed by atoms with Crippen LogP contribution in [0.4, 0.5) is 25.8 Å². The molecule has 0 radical (unpaired) electrons. The number of ether oxygens (including phenoxy) is 1. The number of carbonyl (C=O) groups is 1. The fourth-order valence-corrected chi connectivity index (χ4v) is 2.68. The van der Waals surface area contributed by atoms with Gasteiger partial charge in [0, 0.05) is 13.1 Å². The third-order valence-electron chi connectivity index (χ3n) is 3.92. The Labute approximate surface area is 144 Å². The van der Waals surface area contributed by atoms with Gasteiger partial charge in [0.15, 0.2) is 0 Å². The van der Waals surface area contributed by atoms with Crippen molar-refractivity contribution >= 4 is 23.0 Å².